The molecule has 2 N–H and O–H groups in total. The maximum Gasteiger partial charge on any atom is 0.306 e. The summed E-state index contributed by atoms with van der Waals surface area (Å²) in [5.74, 6) is -0.890. The molecule has 1 atom stereocenters. The lowest BCUT2D eigenvalue weighted by molar-refractivity contribution is -0.141. The first-order valence-electron chi connectivity index (χ1n) is 9.01. The van der Waals surface area contributed by atoms with E-state index in [2.05, 4.69) is 4.90 Å². The van der Waals surface area contributed by atoms with Gasteiger partial charge < -0.3 is 20.1 Å². The van der Waals surface area contributed by atoms with Crippen molar-refractivity contribution in [2.75, 3.05) is 37.5 Å². The van der Waals surface area contributed by atoms with Crippen molar-refractivity contribution in [1.82, 2.24) is 0 Å². The van der Waals surface area contributed by atoms with Crippen molar-refractivity contribution in [2.24, 2.45) is 0 Å². The molecule has 140 valence electrons. The Morgan fingerprint density at radius 1 is 1.40 bits per heavy atom. The maximum absolute atomic E-state index is 14.8. The fraction of sp³-hybridized carbons (Fsp3) is 0.632. The zero-order valence-corrected chi connectivity index (χ0v) is 15.4. The molecule has 1 aromatic rings. The van der Waals surface area contributed by atoms with Gasteiger partial charge in [-0.15, -0.1) is 0 Å². The summed E-state index contributed by atoms with van der Waals surface area (Å²) < 4.78 is 25.0. The molecule has 1 unspecified atom stereocenters. The summed E-state index contributed by atoms with van der Waals surface area (Å²) in [5, 5.41) is 0. The third-order valence-corrected chi connectivity index (χ3v) is 5.00. The normalized spacial score (nSPS) is 16.5. The molecule has 25 heavy (non-hydrogen) atoms. The highest BCUT2D eigenvalue weighted by Gasteiger charge is 2.25. The number of rotatable bonds is 7. The summed E-state index contributed by atoms with van der Waals surface area (Å²) >= 11 is 0. The molecule has 0 aromatic heterocycles. The first-order chi connectivity index (χ1) is 12.0. The van der Waals surface area contributed by atoms with E-state index in [0.29, 0.717) is 23.7 Å². The molecule has 0 bridgehead atoms. The van der Waals surface area contributed by atoms with Gasteiger partial charge in [-0.1, -0.05) is 6.92 Å². The number of methoxy groups -OCH3 is 1. The van der Waals surface area contributed by atoms with Gasteiger partial charge in [-0.25, -0.2) is 4.39 Å². The average molecular weight is 352 g/mol. The zero-order chi connectivity index (χ0) is 18.4. The number of hydrogen-bond donors (Lipinski definition) is 1. The number of benzene rings is 1. The van der Waals surface area contributed by atoms with E-state index in [9.17, 15) is 9.18 Å². The number of nitrogens with zero attached hydrogens (tertiary/aromatic N) is 1. The quantitative estimate of drug-likeness (QED) is 0.601. The molecule has 0 radical (unpaired) electrons. The van der Waals surface area contributed by atoms with E-state index in [1.54, 1.807) is 6.07 Å². The van der Waals surface area contributed by atoms with E-state index < -0.39 is 0 Å². The Bertz CT molecular complexity index is 588. The van der Waals surface area contributed by atoms with Gasteiger partial charge in [0.05, 0.1) is 24.9 Å². The Balaban J connectivity index is 2.29. The molecule has 6 heteroatoms. The third-order valence-electron chi connectivity index (χ3n) is 5.00. The van der Waals surface area contributed by atoms with Crippen molar-refractivity contribution in [3.63, 3.8) is 0 Å². The number of carbonyl (C=O) groups excluding carboxylic acids is 1. The van der Waals surface area contributed by atoms with E-state index in [1.165, 1.54) is 13.2 Å². The Labute approximate surface area is 149 Å². The molecule has 0 amide bonds. The molecule has 0 spiro atoms. The Morgan fingerprint density at radius 3 is 2.64 bits per heavy atom. The van der Waals surface area contributed by atoms with Crippen molar-refractivity contribution >= 4 is 17.3 Å². The summed E-state index contributed by atoms with van der Waals surface area (Å²) in [5.41, 5.74) is 8.03. The van der Waals surface area contributed by atoms with Gasteiger partial charge in [-0.2, -0.15) is 0 Å². The number of ether oxygens (including phenoxy) is 2. The minimum absolute atomic E-state index is 0.153. The van der Waals surface area contributed by atoms with Crippen molar-refractivity contribution < 1.29 is 18.7 Å². The zero-order valence-electron chi connectivity index (χ0n) is 15.4. The molecule has 5 nitrogen and oxygen atoms in total. The van der Waals surface area contributed by atoms with Crippen LogP contribution >= 0.6 is 0 Å². The lowest BCUT2D eigenvalue weighted by Gasteiger charge is -2.36. The molecule has 1 aliphatic rings. The first-order valence-corrected chi connectivity index (χ1v) is 9.01. The highest BCUT2D eigenvalue weighted by Crippen LogP contribution is 2.35. The molecule has 1 aliphatic heterocycles. The van der Waals surface area contributed by atoms with E-state index >= 15 is 0 Å². The SMILES string of the molecule is CCC(CC(=O)OC)c1cc(N)c(N(CC)C2CCOCC2)cc1F. The van der Waals surface area contributed by atoms with Gasteiger partial charge in [0.15, 0.2) is 0 Å². The standard InChI is InChI=1S/C19H29FN2O3/c1-4-13(10-19(23)24-3)15-11-17(21)18(12-16(15)20)22(5-2)14-6-8-25-9-7-14/h11-14H,4-10,21H2,1-3H3. The Hall–Kier alpha value is -1.82. The minimum atomic E-state index is -0.341. The first kappa shape index (κ1) is 19.5. The number of halogens is 1. The summed E-state index contributed by atoms with van der Waals surface area (Å²) in [7, 11) is 1.34. The number of esters is 1. The predicted molar refractivity (Wildman–Crippen MR) is 97.3 cm³/mol. The second kappa shape index (κ2) is 9.04. The van der Waals surface area contributed by atoms with Crippen molar-refractivity contribution in [1.29, 1.82) is 0 Å². The van der Waals surface area contributed by atoms with Crippen molar-refractivity contribution in [2.45, 2.75) is 51.5 Å². The fourth-order valence-electron chi connectivity index (χ4n) is 3.54. The van der Waals surface area contributed by atoms with Gasteiger partial charge in [0.1, 0.15) is 5.82 Å². The molecule has 0 saturated carbocycles. The number of carbonyl (C=O) groups is 1. The Morgan fingerprint density at radius 2 is 2.08 bits per heavy atom. The number of nitrogen functional groups attached to an aromatic ring is 1. The number of anilines is 2. The van der Waals surface area contributed by atoms with Gasteiger partial charge in [0, 0.05) is 25.8 Å². The minimum Gasteiger partial charge on any atom is -0.469 e. The topological polar surface area (TPSA) is 64.8 Å². The van der Waals surface area contributed by atoms with E-state index in [-0.39, 0.29) is 24.1 Å². The maximum atomic E-state index is 14.8. The van der Waals surface area contributed by atoms with Crippen LogP contribution in [0.3, 0.4) is 0 Å². The molecular weight excluding hydrogens is 323 g/mol. The van der Waals surface area contributed by atoms with Crippen LogP contribution in [-0.4, -0.2) is 38.9 Å². The van der Waals surface area contributed by atoms with Crippen LogP contribution in [0.2, 0.25) is 0 Å². The summed E-state index contributed by atoms with van der Waals surface area (Å²) in [6, 6.07) is 3.51. The number of nitrogens with two attached hydrogens (primary N) is 1. The molecule has 1 saturated heterocycles. The van der Waals surface area contributed by atoms with Gasteiger partial charge in [-0.3, -0.25) is 4.79 Å². The highest BCUT2D eigenvalue weighted by atomic mass is 19.1. The number of hydrogen-bond acceptors (Lipinski definition) is 5. The van der Waals surface area contributed by atoms with Crippen LogP contribution < -0.4 is 10.6 Å². The predicted octanol–water partition coefficient (Wildman–Crippen LogP) is 3.47. The van der Waals surface area contributed by atoms with Crippen LogP contribution in [0.15, 0.2) is 12.1 Å². The van der Waals surface area contributed by atoms with Crippen LogP contribution in [-0.2, 0) is 14.3 Å². The fourth-order valence-corrected chi connectivity index (χ4v) is 3.54. The monoisotopic (exact) mass is 352 g/mol. The summed E-state index contributed by atoms with van der Waals surface area (Å²) in [4.78, 5) is 13.7. The van der Waals surface area contributed by atoms with Crippen LogP contribution in [0.1, 0.15) is 51.0 Å². The van der Waals surface area contributed by atoms with E-state index in [4.69, 9.17) is 15.2 Å². The van der Waals surface area contributed by atoms with E-state index in [0.717, 1.165) is 38.3 Å². The van der Waals surface area contributed by atoms with Crippen LogP contribution in [0.5, 0.6) is 0 Å². The summed E-state index contributed by atoms with van der Waals surface area (Å²) in [6.45, 7) is 6.18. The smallest absolute Gasteiger partial charge is 0.306 e. The average Bonchev–Trinajstić information content (AvgIpc) is 2.63. The van der Waals surface area contributed by atoms with Gasteiger partial charge in [-0.05, 0) is 49.8 Å². The van der Waals surface area contributed by atoms with Gasteiger partial charge in [0.25, 0.3) is 0 Å². The highest BCUT2D eigenvalue weighted by molar-refractivity contribution is 5.72. The third kappa shape index (κ3) is 4.63. The lowest BCUT2D eigenvalue weighted by Crippen LogP contribution is -2.40. The van der Waals surface area contributed by atoms with Crippen LogP contribution in [0.4, 0.5) is 15.8 Å². The van der Waals surface area contributed by atoms with Gasteiger partial charge in [0.2, 0.25) is 0 Å². The Kier molecular flexibility index (Phi) is 7.05. The second-order valence-electron chi connectivity index (χ2n) is 6.45. The molecule has 1 heterocycles. The molecule has 0 aliphatic carbocycles. The largest absolute Gasteiger partial charge is 0.469 e. The van der Waals surface area contributed by atoms with Crippen molar-refractivity contribution in [3.8, 4) is 0 Å². The molecular formula is C19H29FN2O3. The van der Waals surface area contributed by atoms with E-state index in [1.807, 2.05) is 13.8 Å². The van der Waals surface area contributed by atoms with Crippen molar-refractivity contribution in [3.05, 3.63) is 23.5 Å². The van der Waals surface area contributed by atoms with Crippen LogP contribution in [0.25, 0.3) is 0 Å². The summed E-state index contributed by atoms with van der Waals surface area (Å²) in [6.07, 6.45) is 2.62. The van der Waals surface area contributed by atoms with Gasteiger partial charge >= 0.3 is 5.97 Å². The molecule has 1 fully saturated rings. The van der Waals surface area contributed by atoms with Crippen LogP contribution in [0, 0.1) is 5.82 Å². The second-order valence-corrected chi connectivity index (χ2v) is 6.45. The lowest BCUT2D eigenvalue weighted by atomic mass is 9.91. The molecule has 2 rings (SSSR count). The molecule has 1 aromatic carbocycles.